The molecule has 1 amide bonds. The van der Waals surface area contributed by atoms with Crippen LogP contribution in [0.5, 0.6) is 5.75 Å². The van der Waals surface area contributed by atoms with Gasteiger partial charge >= 0.3 is 0 Å². The molecule has 0 atom stereocenters. The predicted molar refractivity (Wildman–Crippen MR) is 117 cm³/mol. The van der Waals surface area contributed by atoms with E-state index in [9.17, 15) is 4.79 Å². The molecule has 0 aliphatic heterocycles. The van der Waals surface area contributed by atoms with Gasteiger partial charge in [0.2, 0.25) is 0 Å². The van der Waals surface area contributed by atoms with E-state index in [2.05, 4.69) is 17.2 Å². The fourth-order valence-corrected chi connectivity index (χ4v) is 2.93. The van der Waals surface area contributed by atoms with Gasteiger partial charge in [0.1, 0.15) is 17.3 Å². The van der Waals surface area contributed by atoms with Gasteiger partial charge in [-0.25, -0.2) is 4.98 Å². The van der Waals surface area contributed by atoms with Crippen molar-refractivity contribution in [2.75, 3.05) is 32.6 Å². The van der Waals surface area contributed by atoms with E-state index in [1.165, 1.54) is 0 Å². The topological polar surface area (TPSA) is 59.4 Å². The first-order chi connectivity index (χ1) is 14.1. The molecule has 2 aromatic carbocycles. The molecule has 152 valence electrons. The molecule has 0 bridgehead atoms. The molecule has 1 aromatic heterocycles. The number of carbonyl (C=O) groups is 1. The van der Waals surface area contributed by atoms with Crippen LogP contribution < -0.4 is 10.1 Å². The summed E-state index contributed by atoms with van der Waals surface area (Å²) in [5.74, 6) is 1.46. The van der Waals surface area contributed by atoms with Gasteiger partial charge in [0.05, 0.1) is 6.61 Å². The number of nitrogens with one attached hydrogen (secondary N) is 1. The Morgan fingerprint density at radius 1 is 1.10 bits per heavy atom. The highest BCUT2D eigenvalue weighted by Gasteiger charge is 2.19. The minimum atomic E-state index is -0.0951. The lowest BCUT2D eigenvalue weighted by Gasteiger charge is -2.11. The van der Waals surface area contributed by atoms with E-state index in [0.29, 0.717) is 18.8 Å². The first kappa shape index (κ1) is 20.5. The van der Waals surface area contributed by atoms with Gasteiger partial charge in [-0.05, 0) is 61.9 Å². The summed E-state index contributed by atoms with van der Waals surface area (Å²) in [4.78, 5) is 19.0. The first-order valence-corrected chi connectivity index (χ1v) is 9.93. The summed E-state index contributed by atoms with van der Waals surface area (Å²) in [6.07, 6.45) is 2.77. The number of hydrogen-bond donors (Lipinski definition) is 1. The summed E-state index contributed by atoms with van der Waals surface area (Å²) in [6, 6.07) is 15.8. The first-order valence-electron chi connectivity index (χ1n) is 9.93. The van der Waals surface area contributed by atoms with Gasteiger partial charge < -0.3 is 15.0 Å². The average Bonchev–Trinajstić information content (AvgIpc) is 3.22. The Balaban J connectivity index is 2.03. The van der Waals surface area contributed by atoms with E-state index < -0.39 is 0 Å². The molecule has 0 saturated heterocycles. The maximum absolute atomic E-state index is 12.7. The Hall–Kier alpha value is -3.28. The van der Waals surface area contributed by atoms with Crippen LogP contribution in [0.25, 0.3) is 17.1 Å². The van der Waals surface area contributed by atoms with Crippen molar-refractivity contribution < 1.29 is 9.53 Å². The molecule has 6 nitrogen and oxygen atoms in total. The lowest BCUT2D eigenvalue weighted by molar-refractivity contribution is 0.0797. The van der Waals surface area contributed by atoms with Gasteiger partial charge in [-0.3, -0.25) is 9.36 Å². The molecule has 0 saturated carbocycles. The van der Waals surface area contributed by atoms with E-state index in [-0.39, 0.29) is 5.91 Å². The van der Waals surface area contributed by atoms with Crippen molar-refractivity contribution in [2.45, 2.75) is 20.3 Å². The highest BCUT2D eigenvalue weighted by atomic mass is 16.5. The maximum Gasteiger partial charge on any atom is 0.273 e. The SMILES string of the molecule is CCCOc1ccc(-n2cc(C(=O)N(C)CC)nc2-c2ccc(NC)cc2)cc1. The number of ether oxygens (including phenoxy) is 1. The number of benzene rings is 2. The van der Waals surface area contributed by atoms with E-state index in [1.54, 1.807) is 18.1 Å². The van der Waals surface area contributed by atoms with E-state index in [1.807, 2.05) is 67.1 Å². The molecule has 0 radical (unpaired) electrons. The zero-order valence-corrected chi connectivity index (χ0v) is 17.5. The highest BCUT2D eigenvalue weighted by Crippen LogP contribution is 2.26. The molecular formula is C23H28N4O2. The fourth-order valence-electron chi connectivity index (χ4n) is 2.93. The lowest BCUT2D eigenvalue weighted by atomic mass is 10.2. The number of aromatic nitrogens is 2. The normalized spacial score (nSPS) is 10.6. The Morgan fingerprint density at radius 2 is 1.79 bits per heavy atom. The minimum absolute atomic E-state index is 0.0951. The Kier molecular flexibility index (Phi) is 6.54. The van der Waals surface area contributed by atoms with Crippen LogP contribution in [-0.4, -0.2) is 47.6 Å². The smallest absolute Gasteiger partial charge is 0.273 e. The third-order valence-corrected chi connectivity index (χ3v) is 4.77. The summed E-state index contributed by atoms with van der Waals surface area (Å²) in [5, 5.41) is 3.12. The molecule has 6 heteroatoms. The van der Waals surface area contributed by atoms with Gasteiger partial charge in [-0.15, -0.1) is 0 Å². The van der Waals surface area contributed by atoms with Crippen molar-refractivity contribution in [1.82, 2.24) is 14.5 Å². The van der Waals surface area contributed by atoms with Crippen molar-refractivity contribution in [3.8, 4) is 22.8 Å². The van der Waals surface area contributed by atoms with Gasteiger partial charge in [0, 0.05) is 43.8 Å². The molecule has 0 fully saturated rings. The molecule has 3 rings (SSSR count). The number of carbonyl (C=O) groups excluding carboxylic acids is 1. The minimum Gasteiger partial charge on any atom is -0.494 e. The van der Waals surface area contributed by atoms with Gasteiger partial charge in [-0.1, -0.05) is 6.92 Å². The van der Waals surface area contributed by atoms with Crippen molar-refractivity contribution in [1.29, 1.82) is 0 Å². The van der Waals surface area contributed by atoms with E-state index in [4.69, 9.17) is 4.74 Å². The fraction of sp³-hybridized carbons (Fsp3) is 0.304. The van der Waals surface area contributed by atoms with Crippen LogP contribution in [0.2, 0.25) is 0 Å². The van der Waals surface area contributed by atoms with Gasteiger partial charge in [0.15, 0.2) is 0 Å². The van der Waals surface area contributed by atoms with Crippen LogP contribution in [0.1, 0.15) is 30.8 Å². The zero-order chi connectivity index (χ0) is 20.8. The second-order valence-corrected chi connectivity index (χ2v) is 6.81. The van der Waals surface area contributed by atoms with Gasteiger partial charge in [-0.2, -0.15) is 0 Å². The quantitative estimate of drug-likeness (QED) is 0.615. The van der Waals surface area contributed by atoms with Crippen LogP contribution in [0, 0.1) is 0 Å². The number of hydrogen-bond acceptors (Lipinski definition) is 4. The molecule has 0 spiro atoms. The molecule has 1 heterocycles. The Labute approximate surface area is 172 Å². The van der Waals surface area contributed by atoms with Crippen molar-refractivity contribution in [3.63, 3.8) is 0 Å². The van der Waals surface area contributed by atoms with Crippen LogP contribution in [-0.2, 0) is 0 Å². The maximum atomic E-state index is 12.7. The molecule has 3 aromatic rings. The van der Waals surface area contributed by atoms with E-state index in [0.717, 1.165) is 34.9 Å². The van der Waals surface area contributed by atoms with Crippen molar-refractivity contribution >= 4 is 11.6 Å². The second kappa shape index (κ2) is 9.28. The number of imidazole rings is 1. The van der Waals surface area contributed by atoms with Crippen molar-refractivity contribution in [3.05, 3.63) is 60.4 Å². The second-order valence-electron chi connectivity index (χ2n) is 6.81. The third-order valence-electron chi connectivity index (χ3n) is 4.77. The molecular weight excluding hydrogens is 364 g/mol. The average molecular weight is 393 g/mol. The van der Waals surface area contributed by atoms with Crippen LogP contribution in [0.3, 0.4) is 0 Å². The standard InChI is InChI=1S/C23H28N4O2/c1-5-15-29-20-13-11-19(12-14-20)27-16-21(23(28)26(4)6-2)25-22(27)17-7-9-18(24-3)10-8-17/h7-14,16,24H,5-6,15H2,1-4H3. The number of amides is 1. The third kappa shape index (κ3) is 4.59. The summed E-state index contributed by atoms with van der Waals surface area (Å²) in [5.41, 5.74) is 3.31. The number of rotatable bonds is 8. The summed E-state index contributed by atoms with van der Waals surface area (Å²) >= 11 is 0. The Bertz CT molecular complexity index is 946. The largest absolute Gasteiger partial charge is 0.494 e. The number of anilines is 1. The van der Waals surface area contributed by atoms with Crippen LogP contribution >= 0.6 is 0 Å². The van der Waals surface area contributed by atoms with Crippen molar-refractivity contribution in [2.24, 2.45) is 0 Å². The lowest BCUT2D eigenvalue weighted by Crippen LogP contribution is -2.26. The summed E-state index contributed by atoms with van der Waals surface area (Å²) < 4.78 is 7.64. The van der Waals surface area contributed by atoms with Crippen LogP contribution in [0.4, 0.5) is 5.69 Å². The highest BCUT2D eigenvalue weighted by molar-refractivity contribution is 5.93. The number of nitrogens with zero attached hydrogens (tertiary/aromatic N) is 3. The monoisotopic (exact) mass is 392 g/mol. The van der Waals surface area contributed by atoms with E-state index >= 15 is 0 Å². The predicted octanol–water partition coefficient (Wildman–Crippen LogP) is 4.46. The molecule has 0 aliphatic carbocycles. The zero-order valence-electron chi connectivity index (χ0n) is 17.5. The van der Waals surface area contributed by atoms with Gasteiger partial charge in [0.25, 0.3) is 5.91 Å². The molecule has 29 heavy (non-hydrogen) atoms. The summed E-state index contributed by atoms with van der Waals surface area (Å²) in [6.45, 7) is 5.34. The summed E-state index contributed by atoms with van der Waals surface area (Å²) in [7, 11) is 3.66. The Morgan fingerprint density at radius 3 is 2.38 bits per heavy atom. The molecule has 0 aliphatic rings. The van der Waals surface area contributed by atoms with Crippen LogP contribution in [0.15, 0.2) is 54.7 Å². The molecule has 1 N–H and O–H groups in total. The molecule has 0 unspecified atom stereocenters.